The fourth-order valence-electron chi connectivity index (χ4n) is 0.896. The van der Waals surface area contributed by atoms with Crippen LogP contribution >= 0.6 is 0 Å². The maximum Gasteiger partial charge on any atom is 0.0301 e. The Hall–Kier alpha value is -0.660. The minimum atomic E-state index is 0.531. The summed E-state index contributed by atoms with van der Waals surface area (Å²) >= 11 is 0. The zero-order valence-electron chi connectivity index (χ0n) is 9.33. The molecule has 0 spiro atoms. The lowest BCUT2D eigenvalue weighted by Crippen LogP contribution is -2.07. The number of hydrogen-bond acceptors (Lipinski definition) is 2. The third kappa shape index (κ3) is 6.50. The average molecular weight is 182 g/mol. The zero-order chi connectivity index (χ0) is 10.1. The normalized spacial score (nSPS) is 16.9. The maximum atomic E-state index is 4.02. The van der Waals surface area contributed by atoms with Crippen molar-refractivity contribution in [1.29, 1.82) is 0 Å². The van der Waals surface area contributed by atoms with E-state index in [1.807, 2.05) is 12.4 Å². The van der Waals surface area contributed by atoms with E-state index in [-0.39, 0.29) is 0 Å². The Morgan fingerprint density at radius 1 is 1.15 bits per heavy atom. The standard InChI is InChI=1S/C11H22N2/c1-5-7-8-12-13-9-11(4)10(3)6-2/h8-11H,5-7H2,1-4H3/b12-8-,13-9-. The smallest absolute Gasteiger partial charge is 0.0301 e. The lowest BCUT2D eigenvalue weighted by molar-refractivity contribution is 0.475. The quantitative estimate of drug-likeness (QED) is 0.443. The molecule has 0 bridgehead atoms. The Morgan fingerprint density at radius 3 is 2.38 bits per heavy atom. The van der Waals surface area contributed by atoms with E-state index in [4.69, 9.17) is 0 Å². The fraction of sp³-hybridized carbons (Fsp3) is 0.818. The van der Waals surface area contributed by atoms with Crippen LogP contribution in [0.4, 0.5) is 0 Å². The molecule has 0 radical (unpaired) electrons. The molecule has 2 unspecified atom stereocenters. The largest absolute Gasteiger partial charge is 0.164 e. The lowest BCUT2D eigenvalue weighted by atomic mass is 9.95. The van der Waals surface area contributed by atoms with Crippen LogP contribution in [0.5, 0.6) is 0 Å². The van der Waals surface area contributed by atoms with Gasteiger partial charge in [-0.1, -0.05) is 40.5 Å². The van der Waals surface area contributed by atoms with Crippen LogP contribution in [0.3, 0.4) is 0 Å². The molecule has 0 aliphatic rings. The number of nitrogens with zero attached hydrogens (tertiary/aromatic N) is 2. The van der Waals surface area contributed by atoms with E-state index < -0.39 is 0 Å². The van der Waals surface area contributed by atoms with Gasteiger partial charge in [0.25, 0.3) is 0 Å². The van der Waals surface area contributed by atoms with Crippen molar-refractivity contribution in [1.82, 2.24) is 0 Å². The molecule has 76 valence electrons. The third-order valence-corrected chi connectivity index (χ3v) is 2.41. The van der Waals surface area contributed by atoms with Crippen molar-refractivity contribution in [2.24, 2.45) is 22.0 Å². The fourth-order valence-corrected chi connectivity index (χ4v) is 0.896. The number of rotatable bonds is 6. The van der Waals surface area contributed by atoms with E-state index in [2.05, 4.69) is 37.9 Å². The summed E-state index contributed by atoms with van der Waals surface area (Å²) < 4.78 is 0. The molecule has 2 nitrogen and oxygen atoms in total. The SMILES string of the molecule is CCC/C=N\N=C/C(C)C(C)CC. The van der Waals surface area contributed by atoms with Gasteiger partial charge >= 0.3 is 0 Å². The molecule has 2 heteroatoms. The summed E-state index contributed by atoms with van der Waals surface area (Å²) in [6, 6.07) is 0. The van der Waals surface area contributed by atoms with Crippen LogP contribution in [0.1, 0.15) is 47.0 Å². The van der Waals surface area contributed by atoms with Gasteiger partial charge in [-0.2, -0.15) is 10.2 Å². The predicted molar refractivity (Wildman–Crippen MR) is 60.5 cm³/mol. The van der Waals surface area contributed by atoms with E-state index >= 15 is 0 Å². The van der Waals surface area contributed by atoms with Crippen LogP contribution in [0.15, 0.2) is 10.2 Å². The summed E-state index contributed by atoms with van der Waals surface area (Å²) in [5.41, 5.74) is 0. The van der Waals surface area contributed by atoms with Gasteiger partial charge in [0.2, 0.25) is 0 Å². The van der Waals surface area contributed by atoms with Crippen LogP contribution in [0.2, 0.25) is 0 Å². The van der Waals surface area contributed by atoms with Crippen molar-refractivity contribution in [2.45, 2.75) is 47.0 Å². The Balaban J connectivity index is 3.70. The van der Waals surface area contributed by atoms with Crippen molar-refractivity contribution >= 4 is 12.4 Å². The van der Waals surface area contributed by atoms with Gasteiger partial charge in [0.15, 0.2) is 0 Å². The lowest BCUT2D eigenvalue weighted by Gasteiger charge is -2.11. The molecule has 0 aromatic carbocycles. The van der Waals surface area contributed by atoms with Crippen molar-refractivity contribution < 1.29 is 0 Å². The Bertz CT molecular complexity index is 161. The molecule has 13 heavy (non-hydrogen) atoms. The average Bonchev–Trinajstić information content (AvgIpc) is 2.16. The molecule has 0 saturated heterocycles. The van der Waals surface area contributed by atoms with Crippen LogP contribution in [0.25, 0.3) is 0 Å². The van der Waals surface area contributed by atoms with Gasteiger partial charge in [-0.25, -0.2) is 0 Å². The molecule has 0 aliphatic heterocycles. The molecule has 0 saturated carbocycles. The van der Waals surface area contributed by atoms with Gasteiger partial charge < -0.3 is 0 Å². The summed E-state index contributed by atoms with van der Waals surface area (Å²) in [6.45, 7) is 8.77. The minimum absolute atomic E-state index is 0.531. The highest BCUT2D eigenvalue weighted by Crippen LogP contribution is 2.11. The molecule has 2 atom stereocenters. The minimum Gasteiger partial charge on any atom is -0.164 e. The second-order valence-electron chi connectivity index (χ2n) is 3.60. The molecular weight excluding hydrogens is 160 g/mol. The molecule has 0 amide bonds. The van der Waals surface area contributed by atoms with E-state index in [1.54, 1.807) is 0 Å². The monoisotopic (exact) mass is 182 g/mol. The van der Waals surface area contributed by atoms with Gasteiger partial charge in [0, 0.05) is 12.4 Å². The van der Waals surface area contributed by atoms with Crippen LogP contribution in [0, 0.1) is 11.8 Å². The van der Waals surface area contributed by atoms with E-state index in [0.717, 1.165) is 12.8 Å². The molecule has 0 fully saturated rings. The Labute approximate surface area is 82.1 Å². The maximum absolute atomic E-state index is 4.02. The first-order valence-corrected chi connectivity index (χ1v) is 5.27. The van der Waals surface area contributed by atoms with Gasteiger partial charge in [-0.3, -0.25) is 0 Å². The summed E-state index contributed by atoms with van der Waals surface area (Å²) in [5, 5.41) is 7.98. The van der Waals surface area contributed by atoms with E-state index in [9.17, 15) is 0 Å². The second kappa shape index (κ2) is 7.96. The highest BCUT2D eigenvalue weighted by atomic mass is 15.2. The second-order valence-corrected chi connectivity index (χ2v) is 3.60. The first kappa shape index (κ1) is 12.3. The zero-order valence-corrected chi connectivity index (χ0v) is 9.33. The van der Waals surface area contributed by atoms with Crippen LogP contribution in [-0.4, -0.2) is 12.4 Å². The van der Waals surface area contributed by atoms with Crippen LogP contribution < -0.4 is 0 Å². The Morgan fingerprint density at radius 2 is 1.85 bits per heavy atom. The first-order chi connectivity index (χ1) is 6.22. The topological polar surface area (TPSA) is 24.7 Å². The van der Waals surface area contributed by atoms with Crippen molar-refractivity contribution in [3.8, 4) is 0 Å². The van der Waals surface area contributed by atoms with Crippen molar-refractivity contribution in [3.63, 3.8) is 0 Å². The molecule has 0 heterocycles. The number of unbranched alkanes of at least 4 members (excludes halogenated alkanes) is 1. The van der Waals surface area contributed by atoms with Gasteiger partial charge in [-0.05, 0) is 18.3 Å². The van der Waals surface area contributed by atoms with E-state index in [0.29, 0.717) is 11.8 Å². The highest BCUT2D eigenvalue weighted by molar-refractivity contribution is 5.63. The molecule has 0 aromatic rings. The molecule has 0 N–H and O–H groups in total. The van der Waals surface area contributed by atoms with Crippen LogP contribution in [-0.2, 0) is 0 Å². The van der Waals surface area contributed by atoms with E-state index in [1.165, 1.54) is 6.42 Å². The van der Waals surface area contributed by atoms with Gasteiger partial charge in [0.1, 0.15) is 0 Å². The van der Waals surface area contributed by atoms with Gasteiger partial charge in [-0.15, -0.1) is 0 Å². The number of hydrogen-bond donors (Lipinski definition) is 0. The summed E-state index contributed by atoms with van der Waals surface area (Å²) in [7, 11) is 0. The molecule has 0 aromatic heterocycles. The third-order valence-electron chi connectivity index (χ3n) is 2.41. The molecule has 0 aliphatic carbocycles. The summed E-state index contributed by atoms with van der Waals surface area (Å²) in [6.07, 6.45) is 7.18. The first-order valence-electron chi connectivity index (χ1n) is 5.27. The molecule has 0 rings (SSSR count). The highest BCUT2D eigenvalue weighted by Gasteiger charge is 2.05. The van der Waals surface area contributed by atoms with Crippen molar-refractivity contribution in [3.05, 3.63) is 0 Å². The predicted octanol–water partition coefficient (Wildman–Crippen LogP) is 3.53. The summed E-state index contributed by atoms with van der Waals surface area (Å²) in [4.78, 5) is 0. The summed E-state index contributed by atoms with van der Waals surface area (Å²) in [5.74, 6) is 1.23. The van der Waals surface area contributed by atoms with Gasteiger partial charge in [0.05, 0.1) is 0 Å². The molecular formula is C11H22N2. The van der Waals surface area contributed by atoms with Crippen molar-refractivity contribution in [2.75, 3.05) is 0 Å². The Kier molecular flexibility index (Phi) is 7.56.